The second kappa shape index (κ2) is 7.45. The van der Waals surface area contributed by atoms with Crippen LogP contribution in [0.1, 0.15) is 30.6 Å². The van der Waals surface area contributed by atoms with Crippen LogP contribution in [0.15, 0.2) is 24.3 Å². The molecule has 0 bridgehead atoms. The summed E-state index contributed by atoms with van der Waals surface area (Å²) >= 11 is 0. The smallest absolute Gasteiger partial charge is 0.337 e. The molecule has 0 aromatic heterocycles. The monoisotopic (exact) mass is 382 g/mol. The fourth-order valence-corrected chi connectivity index (χ4v) is 4.18. The summed E-state index contributed by atoms with van der Waals surface area (Å²) < 4.78 is 27.6. The Morgan fingerprint density at radius 1 is 1.19 bits per heavy atom. The lowest BCUT2D eigenvalue weighted by Crippen LogP contribution is -2.48. The Hall–Kier alpha value is -2.42. The molecule has 2 N–H and O–H groups in total. The number of carbonyl (C=O) groups is 3. The number of sulfone groups is 1. The largest absolute Gasteiger partial charge is 0.465 e. The number of methoxy groups -OCH3 is 1. The normalized spacial score (nSPS) is 18.8. The molecule has 1 aliphatic heterocycles. The lowest BCUT2D eigenvalue weighted by atomic mass is 9.90. The Balaban J connectivity index is 2.05. The third kappa shape index (κ3) is 4.60. The van der Waals surface area contributed by atoms with Crippen LogP contribution in [0.4, 0.5) is 5.69 Å². The summed E-state index contributed by atoms with van der Waals surface area (Å²) in [6.45, 7) is 2.90. The molecule has 9 heteroatoms. The van der Waals surface area contributed by atoms with Gasteiger partial charge in [0.05, 0.1) is 24.2 Å². The Morgan fingerprint density at radius 2 is 1.88 bits per heavy atom. The van der Waals surface area contributed by atoms with Crippen LogP contribution in [0.3, 0.4) is 0 Å². The fraction of sp³-hybridized carbons (Fsp3) is 0.471. The molecule has 1 heterocycles. The molecule has 1 atom stereocenters. The van der Waals surface area contributed by atoms with Crippen molar-refractivity contribution in [3.63, 3.8) is 0 Å². The molecule has 2 amide bonds. The van der Waals surface area contributed by atoms with E-state index in [9.17, 15) is 22.8 Å². The van der Waals surface area contributed by atoms with Crippen molar-refractivity contribution >= 4 is 33.3 Å². The zero-order chi connectivity index (χ0) is 19.5. The first-order chi connectivity index (χ1) is 12.0. The number of anilines is 1. The van der Waals surface area contributed by atoms with Crippen LogP contribution >= 0.6 is 0 Å². The molecule has 1 aliphatic rings. The Morgan fingerprint density at radius 3 is 2.46 bits per heavy atom. The third-order valence-corrected chi connectivity index (χ3v) is 6.01. The van der Waals surface area contributed by atoms with Crippen molar-refractivity contribution in [3.05, 3.63) is 29.8 Å². The van der Waals surface area contributed by atoms with Gasteiger partial charge in [0.15, 0.2) is 9.84 Å². The van der Waals surface area contributed by atoms with Crippen LogP contribution in [0.2, 0.25) is 0 Å². The number of nitrogens with one attached hydrogen (secondary N) is 2. The molecule has 26 heavy (non-hydrogen) atoms. The summed E-state index contributed by atoms with van der Waals surface area (Å²) in [6, 6.07) is 5.67. The molecule has 142 valence electrons. The molecule has 0 spiro atoms. The highest BCUT2D eigenvalue weighted by molar-refractivity contribution is 7.91. The Labute approximate surface area is 152 Å². The predicted molar refractivity (Wildman–Crippen MR) is 95.4 cm³/mol. The Kier molecular flexibility index (Phi) is 5.70. The second-order valence-corrected chi connectivity index (χ2v) is 8.95. The summed E-state index contributed by atoms with van der Waals surface area (Å²) in [7, 11) is -1.88. The molecule has 1 saturated heterocycles. The number of hydrogen-bond acceptors (Lipinski definition) is 6. The first-order valence-electron chi connectivity index (χ1n) is 8.06. The SMILES string of the molecule is COC(=O)c1cccc(NC(=O)C(C)(C)C(=O)NC2CCS(=O)(=O)C2)c1. The molecule has 8 nitrogen and oxygen atoms in total. The maximum atomic E-state index is 12.5. The van der Waals surface area contributed by atoms with Gasteiger partial charge >= 0.3 is 5.97 Å². The molecule has 1 unspecified atom stereocenters. The standard InChI is InChI=1S/C17H22N2O6S/c1-17(2,16(22)19-13-7-8-26(23,24)10-13)15(21)18-12-6-4-5-11(9-12)14(20)25-3/h4-6,9,13H,7-8,10H2,1-3H3,(H,18,21)(H,19,22). The van der Waals surface area contributed by atoms with Crippen molar-refractivity contribution in [2.75, 3.05) is 23.9 Å². The van der Waals surface area contributed by atoms with E-state index in [-0.39, 0.29) is 17.1 Å². The number of hydrogen-bond donors (Lipinski definition) is 2. The van der Waals surface area contributed by atoms with Crippen molar-refractivity contribution in [1.29, 1.82) is 0 Å². The molecule has 0 saturated carbocycles. The van der Waals surface area contributed by atoms with Crippen LogP contribution in [0.25, 0.3) is 0 Å². The number of ether oxygens (including phenoxy) is 1. The number of carbonyl (C=O) groups excluding carboxylic acids is 3. The molecule has 0 radical (unpaired) electrons. The summed E-state index contributed by atoms with van der Waals surface area (Å²) in [5, 5.41) is 5.22. The third-order valence-electron chi connectivity index (χ3n) is 4.24. The van der Waals surface area contributed by atoms with Crippen LogP contribution in [0, 0.1) is 5.41 Å². The van der Waals surface area contributed by atoms with Crippen molar-refractivity contribution < 1.29 is 27.5 Å². The fourth-order valence-electron chi connectivity index (χ4n) is 2.51. The average Bonchev–Trinajstić information content (AvgIpc) is 2.92. The molecule has 1 aromatic carbocycles. The lowest BCUT2D eigenvalue weighted by Gasteiger charge is -2.24. The van der Waals surface area contributed by atoms with Crippen LogP contribution in [-0.4, -0.2) is 50.9 Å². The lowest BCUT2D eigenvalue weighted by molar-refractivity contribution is -0.138. The number of esters is 1. The first kappa shape index (κ1) is 19.9. The van der Waals surface area contributed by atoms with E-state index in [1.54, 1.807) is 18.2 Å². The minimum Gasteiger partial charge on any atom is -0.465 e. The zero-order valence-corrected chi connectivity index (χ0v) is 15.7. The van der Waals surface area contributed by atoms with E-state index in [1.165, 1.54) is 27.0 Å². The van der Waals surface area contributed by atoms with E-state index in [4.69, 9.17) is 0 Å². The van der Waals surface area contributed by atoms with Gasteiger partial charge in [-0.15, -0.1) is 0 Å². The highest BCUT2D eigenvalue weighted by Gasteiger charge is 2.39. The van der Waals surface area contributed by atoms with Gasteiger partial charge in [-0.1, -0.05) is 6.07 Å². The van der Waals surface area contributed by atoms with E-state index in [1.807, 2.05) is 0 Å². The number of benzene rings is 1. The van der Waals surface area contributed by atoms with Crippen LogP contribution < -0.4 is 10.6 Å². The summed E-state index contributed by atoms with van der Waals surface area (Å²) in [4.78, 5) is 36.5. The molecule has 2 rings (SSSR count). The van der Waals surface area contributed by atoms with Gasteiger partial charge in [0.25, 0.3) is 0 Å². The number of amides is 2. The molecule has 1 fully saturated rings. The van der Waals surface area contributed by atoms with Gasteiger partial charge in [0.2, 0.25) is 11.8 Å². The van der Waals surface area contributed by atoms with Crippen LogP contribution in [-0.2, 0) is 24.2 Å². The van der Waals surface area contributed by atoms with Gasteiger partial charge in [-0.3, -0.25) is 9.59 Å². The van der Waals surface area contributed by atoms with Gasteiger partial charge in [-0.25, -0.2) is 13.2 Å². The van der Waals surface area contributed by atoms with Crippen LogP contribution in [0.5, 0.6) is 0 Å². The van der Waals surface area contributed by atoms with Crippen molar-refractivity contribution in [2.45, 2.75) is 26.3 Å². The van der Waals surface area contributed by atoms with Crippen molar-refractivity contribution in [3.8, 4) is 0 Å². The number of rotatable bonds is 5. The van der Waals surface area contributed by atoms with Gasteiger partial charge in [0.1, 0.15) is 5.41 Å². The van der Waals surface area contributed by atoms with Crippen molar-refractivity contribution in [1.82, 2.24) is 5.32 Å². The van der Waals surface area contributed by atoms with E-state index in [0.29, 0.717) is 12.1 Å². The maximum absolute atomic E-state index is 12.5. The van der Waals surface area contributed by atoms with E-state index in [2.05, 4.69) is 15.4 Å². The minimum atomic E-state index is -3.13. The van der Waals surface area contributed by atoms with Gasteiger partial charge in [0, 0.05) is 11.7 Å². The molecular formula is C17H22N2O6S. The Bertz CT molecular complexity index is 831. The minimum absolute atomic E-state index is 0.0326. The molecular weight excluding hydrogens is 360 g/mol. The van der Waals surface area contributed by atoms with Crippen molar-refractivity contribution in [2.24, 2.45) is 5.41 Å². The molecule has 1 aromatic rings. The summed E-state index contributed by atoms with van der Waals surface area (Å²) in [5.41, 5.74) is -0.806. The highest BCUT2D eigenvalue weighted by Crippen LogP contribution is 2.21. The highest BCUT2D eigenvalue weighted by atomic mass is 32.2. The van der Waals surface area contributed by atoms with E-state index >= 15 is 0 Å². The summed E-state index contributed by atoms with van der Waals surface area (Å²) in [5.74, 6) is -1.75. The van der Waals surface area contributed by atoms with Gasteiger partial charge in [-0.05, 0) is 38.5 Å². The predicted octanol–water partition coefficient (Wildman–Crippen LogP) is 0.741. The van der Waals surface area contributed by atoms with Gasteiger partial charge < -0.3 is 15.4 Å². The average molecular weight is 382 g/mol. The first-order valence-corrected chi connectivity index (χ1v) is 9.88. The van der Waals surface area contributed by atoms with E-state index in [0.717, 1.165) is 0 Å². The van der Waals surface area contributed by atoms with E-state index < -0.39 is 39.1 Å². The summed E-state index contributed by atoms with van der Waals surface area (Å²) in [6.07, 6.45) is 0.340. The zero-order valence-electron chi connectivity index (χ0n) is 14.9. The van der Waals surface area contributed by atoms with Gasteiger partial charge in [-0.2, -0.15) is 0 Å². The molecule has 0 aliphatic carbocycles. The topological polar surface area (TPSA) is 119 Å². The second-order valence-electron chi connectivity index (χ2n) is 6.72. The quantitative estimate of drug-likeness (QED) is 0.573. The maximum Gasteiger partial charge on any atom is 0.337 e.